The number of phenolic OH excluding ortho intramolecular Hbond substituents is 1. The molecule has 0 saturated carbocycles. The molecule has 0 atom stereocenters. The van der Waals surface area contributed by atoms with Crippen molar-refractivity contribution >= 4 is 15.9 Å². The number of aromatic hydroxyl groups is 1. The zero-order chi connectivity index (χ0) is 10.0. The summed E-state index contributed by atoms with van der Waals surface area (Å²) in [5.74, 6) is 0.373. The molecule has 2 nitrogen and oxygen atoms in total. The molecule has 0 amide bonds. The Morgan fingerprint density at radius 2 is 2.08 bits per heavy atom. The van der Waals surface area contributed by atoms with E-state index in [1.165, 1.54) is 0 Å². The third kappa shape index (κ3) is 2.03. The molecule has 72 valence electrons. The van der Waals surface area contributed by atoms with Crippen LogP contribution in [0, 0.1) is 13.8 Å². The third-order valence-corrected chi connectivity index (χ3v) is 3.04. The summed E-state index contributed by atoms with van der Waals surface area (Å²) < 4.78 is 0.947. The maximum atomic E-state index is 9.80. The SMILES string of the molecule is Cc1cc(Br)c(C)c(O)c1CCN. The van der Waals surface area contributed by atoms with Crippen LogP contribution in [0.1, 0.15) is 16.7 Å². The van der Waals surface area contributed by atoms with E-state index >= 15 is 0 Å². The number of halogens is 1. The normalized spacial score (nSPS) is 10.5. The number of benzene rings is 1. The molecule has 0 aliphatic heterocycles. The quantitative estimate of drug-likeness (QED) is 0.838. The highest BCUT2D eigenvalue weighted by Gasteiger charge is 2.09. The fourth-order valence-electron chi connectivity index (χ4n) is 1.37. The topological polar surface area (TPSA) is 46.2 Å². The highest BCUT2D eigenvalue weighted by atomic mass is 79.9. The van der Waals surface area contributed by atoms with Crippen molar-refractivity contribution in [1.82, 2.24) is 0 Å². The van der Waals surface area contributed by atoms with Crippen LogP contribution in [0.5, 0.6) is 5.75 Å². The lowest BCUT2D eigenvalue weighted by molar-refractivity contribution is 0.462. The molecule has 1 aromatic carbocycles. The molecule has 0 radical (unpaired) electrons. The molecule has 0 unspecified atom stereocenters. The summed E-state index contributed by atoms with van der Waals surface area (Å²) in [6.45, 7) is 4.43. The highest BCUT2D eigenvalue weighted by molar-refractivity contribution is 9.10. The maximum absolute atomic E-state index is 9.80. The minimum atomic E-state index is 0.373. The van der Waals surface area contributed by atoms with E-state index in [2.05, 4.69) is 15.9 Å². The number of aryl methyl sites for hydroxylation is 1. The smallest absolute Gasteiger partial charge is 0.123 e. The zero-order valence-electron chi connectivity index (χ0n) is 7.89. The first kappa shape index (κ1) is 10.5. The number of phenols is 1. The van der Waals surface area contributed by atoms with Crippen molar-refractivity contribution in [2.45, 2.75) is 20.3 Å². The average Bonchev–Trinajstić information content (AvgIpc) is 2.09. The van der Waals surface area contributed by atoms with Gasteiger partial charge < -0.3 is 10.8 Å². The lowest BCUT2D eigenvalue weighted by Crippen LogP contribution is -2.05. The second-order valence-electron chi connectivity index (χ2n) is 3.17. The summed E-state index contributed by atoms with van der Waals surface area (Å²) in [5, 5.41) is 9.80. The summed E-state index contributed by atoms with van der Waals surface area (Å²) in [7, 11) is 0. The second kappa shape index (κ2) is 4.11. The van der Waals surface area contributed by atoms with Gasteiger partial charge in [0, 0.05) is 10.0 Å². The molecule has 0 aliphatic carbocycles. The molecule has 0 fully saturated rings. The van der Waals surface area contributed by atoms with Gasteiger partial charge in [-0.2, -0.15) is 0 Å². The molecule has 1 aromatic rings. The minimum Gasteiger partial charge on any atom is -0.507 e. The lowest BCUT2D eigenvalue weighted by Gasteiger charge is -2.11. The predicted octanol–water partition coefficient (Wildman–Crippen LogP) is 2.27. The van der Waals surface area contributed by atoms with Crippen LogP contribution in [0.3, 0.4) is 0 Å². The van der Waals surface area contributed by atoms with Gasteiger partial charge in [0.1, 0.15) is 5.75 Å². The molecule has 0 spiro atoms. The molecule has 0 aliphatic rings. The molecular formula is C10H14BrNO. The molecule has 0 saturated heterocycles. The van der Waals surface area contributed by atoms with Gasteiger partial charge >= 0.3 is 0 Å². The van der Waals surface area contributed by atoms with E-state index in [1.54, 1.807) is 0 Å². The van der Waals surface area contributed by atoms with Gasteiger partial charge in [0.2, 0.25) is 0 Å². The van der Waals surface area contributed by atoms with Gasteiger partial charge in [0.15, 0.2) is 0 Å². The van der Waals surface area contributed by atoms with Crippen molar-refractivity contribution < 1.29 is 5.11 Å². The van der Waals surface area contributed by atoms with Crippen LogP contribution in [-0.4, -0.2) is 11.7 Å². The minimum absolute atomic E-state index is 0.373. The monoisotopic (exact) mass is 243 g/mol. The summed E-state index contributed by atoms with van der Waals surface area (Å²) in [4.78, 5) is 0. The lowest BCUT2D eigenvalue weighted by atomic mass is 10.0. The van der Waals surface area contributed by atoms with E-state index in [1.807, 2.05) is 19.9 Å². The fourth-order valence-corrected chi connectivity index (χ4v) is 1.90. The Kier molecular flexibility index (Phi) is 3.33. The van der Waals surface area contributed by atoms with E-state index in [9.17, 15) is 5.11 Å². The highest BCUT2D eigenvalue weighted by Crippen LogP contribution is 2.31. The standard InChI is InChI=1S/C10H14BrNO/c1-6-5-9(11)7(2)10(13)8(6)3-4-12/h5,13H,3-4,12H2,1-2H3. The van der Waals surface area contributed by atoms with Crippen LogP contribution in [0.25, 0.3) is 0 Å². The Labute approximate surface area is 86.9 Å². The number of hydrogen-bond donors (Lipinski definition) is 2. The van der Waals surface area contributed by atoms with Crippen LogP contribution in [0.4, 0.5) is 0 Å². The zero-order valence-corrected chi connectivity index (χ0v) is 9.48. The molecule has 0 heterocycles. The van der Waals surface area contributed by atoms with E-state index in [0.29, 0.717) is 12.3 Å². The van der Waals surface area contributed by atoms with E-state index in [4.69, 9.17) is 5.73 Å². The van der Waals surface area contributed by atoms with Gasteiger partial charge in [-0.3, -0.25) is 0 Å². The first-order valence-corrected chi connectivity index (χ1v) is 5.04. The van der Waals surface area contributed by atoms with Crippen molar-refractivity contribution in [2.75, 3.05) is 6.54 Å². The van der Waals surface area contributed by atoms with Crippen LogP contribution in [0.2, 0.25) is 0 Å². The molecule has 0 bridgehead atoms. The Bertz CT molecular complexity index is 323. The Hall–Kier alpha value is -0.540. The van der Waals surface area contributed by atoms with Gasteiger partial charge in [-0.25, -0.2) is 0 Å². The van der Waals surface area contributed by atoms with Crippen LogP contribution < -0.4 is 5.73 Å². The molecule has 3 N–H and O–H groups in total. The Morgan fingerprint density at radius 1 is 1.46 bits per heavy atom. The van der Waals surface area contributed by atoms with Crippen molar-refractivity contribution in [3.8, 4) is 5.75 Å². The van der Waals surface area contributed by atoms with E-state index < -0.39 is 0 Å². The van der Waals surface area contributed by atoms with Crippen molar-refractivity contribution in [3.05, 3.63) is 27.2 Å². The van der Waals surface area contributed by atoms with Crippen LogP contribution >= 0.6 is 15.9 Å². The van der Waals surface area contributed by atoms with E-state index in [0.717, 1.165) is 27.6 Å². The average molecular weight is 244 g/mol. The van der Waals surface area contributed by atoms with Gasteiger partial charge in [-0.1, -0.05) is 15.9 Å². The van der Waals surface area contributed by atoms with Crippen LogP contribution in [-0.2, 0) is 6.42 Å². The van der Waals surface area contributed by atoms with Gasteiger partial charge in [0.25, 0.3) is 0 Å². The molecule has 0 aromatic heterocycles. The molecule has 3 heteroatoms. The predicted molar refractivity (Wildman–Crippen MR) is 58.0 cm³/mol. The largest absolute Gasteiger partial charge is 0.507 e. The molecular weight excluding hydrogens is 230 g/mol. The van der Waals surface area contributed by atoms with Gasteiger partial charge in [0.05, 0.1) is 0 Å². The third-order valence-electron chi connectivity index (χ3n) is 2.21. The summed E-state index contributed by atoms with van der Waals surface area (Å²) in [6, 6.07) is 2.01. The number of hydrogen-bond acceptors (Lipinski definition) is 2. The Balaban J connectivity index is 3.26. The van der Waals surface area contributed by atoms with Gasteiger partial charge in [-0.15, -0.1) is 0 Å². The van der Waals surface area contributed by atoms with E-state index in [-0.39, 0.29) is 0 Å². The second-order valence-corrected chi connectivity index (χ2v) is 4.02. The first-order valence-electron chi connectivity index (χ1n) is 4.25. The summed E-state index contributed by atoms with van der Waals surface area (Å²) in [5.41, 5.74) is 8.39. The maximum Gasteiger partial charge on any atom is 0.123 e. The fraction of sp³-hybridized carbons (Fsp3) is 0.400. The molecule has 1 rings (SSSR count). The first-order chi connectivity index (χ1) is 6.07. The van der Waals surface area contributed by atoms with Gasteiger partial charge in [-0.05, 0) is 44.0 Å². The van der Waals surface area contributed by atoms with Crippen molar-refractivity contribution in [1.29, 1.82) is 0 Å². The number of nitrogens with two attached hydrogens (primary N) is 1. The summed E-state index contributed by atoms with van der Waals surface area (Å²) >= 11 is 3.39. The van der Waals surface area contributed by atoms with Crippen LogP contribution in [0.15, 0.2) is 10.5 Å². The van der Waals surface area contributed by atoms with Crippen molar-refractivity contribution in [2.24, 2.45) is 5.73 Å². The Morgan fingerprint density at radius 3 is 2.62 bits per heavy atom. The van der Waals surface area contributed by atoms with Crippen molar-refractivity contribution in [3.63, 3.8) is 0 Å². The molecule has 13 heavy (non-hydrogen) atoms. The number of rotatable bonds is 2. The summed E-state index contributed by atoms with van der Waals surface area (Å²) in [6.07, 6.45) is 0.728.